The summed E-state index contributed by atoms with van der Waals surface area (Å²) in [4.78, 5) is 25.8. The van der Waals surface area contributed by atoms with Crippen LogP contribution in [0.1, 0.15) is 54.3 Å². The first kappa shape index (κ1) is 16.9. The van der Waals surface area contributed by atoms with E-state index in [0.29, 0.717) is 17.7 Å². The van der Waals surface area contributed by atoms with Crippen LogP contribution in [0.25, 0.3) is 0 Å². The topological polar surface area (TPSA) is 75.6 Å². The van der Waals surface area contributed by atoms with E-state index in [2.05, 4.69) is 12.2 Å². The first-order chi connectivity index (χ1) is 11.4. The normalized spacial score (nSPS) is 25.2. The van der Waals surface area contributed by atoms with Gasteiger partial charge in [-0.1, -0.05) is 37.6 Å². The number of nitrogens with one attached hydrogen (secondary N) is 1. The van der Waals surface area contributed by atoms with Gasteiger partial charge in [-0.05, 0) is 26.8 Å². The van der Waals surface area contributed by atoms with Gasteiger partial charge in [0.25, 0.3) is 0 Å². The third kappa shape index (κ3) is 2.58. The molecule has 24 heavy (non-hydrogen) atoms. The molecule has 2 N–H and O–H groups in total. The Balaban J connectivity index is 2.08. The van der Waals surface area contributed by atoms with E-state index in [0.717, 1.165) is 12.8 Å². The summed E-state index contributed by atoms with van der Waals surface area (Å²) in [6, 6.07) is 6.14. The first-order valence-electron chi connectivity index (χ1n) is 8.41. The van der Waals surface area contributed by atoms with E-state index in [1.165, 1.54) is 0 Å². The number of hydrogen-bond donors (Lipinski definition) is 2. The summed E-state index contributed by atoms with van der Waals surface area (Å²) in [5.74, 6) is -0.464. The fourth-order valence-corrected chi connectivity index (χ4v) is 3.29. The molecule has 1 unspecified atom stereocenters. The third-order valence-electron chi connectivity index (χ3n) is 4.71. The van der Waals surface area contributed by atoms with E-state index in [1.54, 1.807) is 38.1 Å². The molecule has 1 aliphatic heterocycles. The molecule has 2 atom stereocenters. The number of aliphatic hydroxyl groups excluding tert-OH is 1. The predicted molar refractivity (Wildman–Crippen MR) is 90.0 cm³/mol. The number of rotatable bonds is 4. The predicted octanol–water partition coefficient (Wildman–Crippen LogP) is 2.25. The maximum absolute atomic E-state index is 13.0. The zero-order chi connectivity index (χ0) is 17.5. The van der Waals surface area contributed by atoms with Gasteiger partial charge in [-0.15, -0.1) is 0 Å². The summed E-state index contributed by atoms with van der Waals surface area (Å²) in [7, 11) is 0. The van der Waals surface area contributed by atoms with Crippen LogP contribution in [0, 0.1) is 0 Å². The molecule has 1 aromatic carbocycles. The number of aliphatic hydroxyl groups is 1. The zero-order valence-electron chi connectivity index (χ0n) is 14.3. The zero-order valence-corrected chi connectivity index (χ0v) is 14.3. The van der Waals surface area contributed by atoms with Gasteiger partial charge in [0.2, 0.25) is 5.78 Å². The number of unbranched alkanes of at least 4 members (excludes halogenated alkanes) is 1. The van der Waals surface area contributed by atoms with Crippen LogP contribution < -0.4 is 5.32 Å². The Labute approximate surface area is 141 Å². The summed E-state index contributed by atoms with van der Waals surface area (Å²) in [5, 5.41) is 13.9. The van der Waals surface area contributed by atoms with Crippen molar-refractivity contribution in [2.75, 3.05) is 6.54 Å². The minimum absolute atomic E-state index is 0.0722. The number of benzene rings is 1. The summed E-state index contributed by atoms with van der Waals surface area (Å²) < 4.78 is 5.79. The minimum atomic E-state index is -0.953. The van der Waals surface area contributed by atoms with Gasteiger partial charge in [0.15, 0.2) is 11.5 Å². The second kappa shape index (κ2) is 6.15. The molecule has 128 valence electrons. The van der Waals surface area contributed by atoms with E-state index in [4.69, 9.17) is 4.74 Å². The highest BCUT2D eigenvalue weighted by Crippen LogP contribution is 2.38. The van der Waals surface area contributed by atoms with E-state index in [9.17, 15) is 14.7 Å². The summed E-state index contributed by atoms with van der Waals surface area (Å²) in [5.41, 5.74) is 0.0340. The average molecular weight is 329 g/mol. The van der Waals surface area contributed by atoms with Crippen molar-refractivity contribution in [2.24, 2.45) is 0 Å². The first-order valence-corrected chi connectivity index (χ1v) is 8.41. The van der Waals surface area contributed by atoms with E-state index in [-0.39, 0.29) is 22.9 Å². The maximum Gasteiger partial charge on any atom is 0.228 e. The number of carbonyl (C=O) groups is 2. The van der Waals surface area contributed by atoms with Gasteiger partial charge in [-0.25, -0.2) is 0 Å². The highest BCUT2D eigenvalue weighted by Gasteiger charge is 2.50. The number of hydrogen-bond acceptors (Lipinski definition) is 5. The van der Waals surface area contributed by atoms with Crippen LogP contribution in [0.5, 0.6) is 0 Å². The molecular formula is C19H23NO4. The molecule has 1 aliphatic carbocycles. The van der Waals surface area contributed by atoms with Crippen molar-refractivity contribution in [1.82, 2.24) is 5.32 Å². The van der Waals surface area contributed by atoms with Crippen molar-refractivity contribution in [3.8, 4) is 0 Å². The van der Waals surface area contributed by atoms with Gasteiger partial charge in [-0.3, -0.25) is 9.59 Å². The number of Topliss-reactive ketones (excluding diaryl/α,β-unsaturated/α-hetero) is 2. The lowest BCUT2D eigenvalue weighted by atomic mass is 9.78. The van der Waals surface area contributed by atoms with E-state index >= 15 is 0 Å². The number of fused-ring (bicyclic) bond motifs is 1. The average Bonchev–Trinajstić information content (AvgIpc) is 2.56. The van der Waals surface area contributed by atoms with Crippen LogP contribution in [0.3, 0.4) is 0 Å². The summed E-state index contributed by atoms with van der Waals surface area (Å²) >= 11 is 0. The van der Waals surface area contributed by atoms with Gasteiger partial charge in [0, 0.05) is 11.1 Å². The lowest BCUT2D eigenvalue weighted by Gasteiger charge is -2.44. The molecule has 2 aliphatic rings. The van der Waals surface area contributed by atoms with Gasteiger partial charge in [0.1, 0.15) is 11.7 Å². The molecule has 0 bridgehead atoms. The SMILES string of the molecule is CCCCNC1C2=C(OC(C)(C)[C@H]1O)C(=O)c1ccccc1C2=O. The van der Waals surface area contributed by atoms with Crippen LogP contribution in [-0.2, 0) is 4.74 Å². The van der Waals surface area contributed by atoms with E-state index in [1.807, 2.05) is 0 Å². The monoisotopic (exact) mass is 329 g/mol. The molecular weight excluding hydrogens is 306 g/mol. The Morgan fingerprint density at radius 2 is 1.79 bits per heavy atom. The van der Waals surface area contributed by atoms with Crippen molar-refractivity contribution in [3.05, 3.63) is 46.7 Å². The molecule has 0 fully saturated rings. The fourth-order valence-electron chi connectivity index (χ4n) is 3.29. The van der Waals surface area contributed by atoms with Crippen molar-refractivity contribution in [1.29, 1.82) is 0 Å². The Bertz CT molecular complexity index is 720. The highest BCUT2D eigenvalue weighted by atomic mass is 16.5. The standard InChI is InChI=1S/C19H23NO4/c1-4-5-10-20-14-13-15(21)11-8-6-7-9-12(11)16(22)17(13)24-19(2,3)18(14)23/h6-9,14,18,20,23H,4-5,10H2,1-3H3/t14?,18-/m0/s1. The molecule has 0 radical (unpaired) electrons. The molecule has 5 nitrogen and oxygen atoms in total. The Morgan fingerprint density at radius 1 is 1.17 bits per heavy atom. The fraction of sp³-hybridized carbons (Fsp3) is 0.474. The molecule has 5 heteroatoms. The minimum Gasteiger partial charge on any atom is -0.480 e. The number of allylic oxidation sites excluding steroid dienone is 1. The summed E-state index contributed by atoms with van der Waals surface area (Å²) in [6.45, 7) is 6.19. The van der Waals surface area contributed by atoms with Crippen LogP contribution >= 0.6 is 0 Å². The third-order valence-corrected chi connectivity index (χ3v) is 4.71. The van der Waals surface area contributed by atoms with Gasteiger partial charge >= 0.3 is 0 Å². The van der Waals surface area contributed by atoms with Crippen molar-refractivity contribution >= 4 is 11.6 Å². The Morgan fingerprint density at radius 3 is 2.42 bits per heavy atom. The molecule has 0 spiro atoms. The smallest absolute Gasteiger partial charge is 0.228 e. The number of carbonyl (C=O) groups excluding carboxylic acids is 2. The lowest BCUT2D eigenvalue weighted by molar-refractivity contribution is -0.0920. The van der Waals surface area contributed by atoms with Crippen LogP contribution in [0.4, 0.5) is 0 Å². The molecule has 3 rings (SSSR count). The largest absolute Gasteiger partial charge is 0.480 e. The van der Waals surface area contributed by atoms with E-state index < -0.39 is 17.7 Å². The number of ketones is 2. The second-order valence-electron chi connectivity index (χ2n) is 6.88. The van der Waals surface area contributed by atoms with Crippen LogP contribution in [0.15, 0.2) is 35.6 Å². The lowest BCUT2D eigenvalue weighted by Crippen LogP contribution is -2.59. The highest BCUT2D eigenvalue weighted by molar-refractivity contribution is 6.26. The molecule has 1 heterocycles. The van der Waals surface area contributed by atoms with Gasteiger partial charge < -0.3 is 15.2 Å². The Kier molecular flexibility index (Phi) is 4.32. The van der Waals surface area contributed by atoms with Crippen LogP contribution in [0.2, 0.25) is 0 Å². The molecule has 0 saturated carbocycles. The van der Waals surface area contributed by atoms with Crippen molar-refractivity contribution in [3.63, 3.8) is 0 Å². The molecule has 0 aromatic heterocycles. The number of ether oxygens (including phenoxy) is 1. The van der Waals surface area contributed by atoms with Crippen LogP contribution in [-0.4, -0.2) is 41.0 Å². The summed E-state index contributed by atoms with van der Waals surface area (Å²) in [6.07, 6.45) is 0.999. The molecule has 0 amide bonds. The van der Waals surface area contributed by atoms with Crippen molar-refractivity contribution in [2.45, 2.75) is 51.4 Å². The van der Waals surface area contributed by atoms with Gasteiger partial charge in [0.05, 0.1) is 11.6 Å². The van der Waals surface area contributed by atoms with Gasteiger partial charge in [-0.2, -0.15) is 0 Å². The second-order valence-corrected chi connectivity index (χ2v) is 6.88. The van der Waals surface area contributed by atoms with Crippen molar-refractivity contribution < 1.29 is 19.4 Å². The molecule has 1 aromatic rings. The molecule has 0 saturated heterocycles. The Hall–Kier alpha value is -1.98. The quantitative estimate of drug-likeness (QED) is 0.829. The maximum atomic E-state index is 13.0.